The van der Waals surface area contributed by atoms with Crippen molar-refractivity contribution < 1.29 is 8.42 Å². The summed E-state index contributed by atoms with van der Waals surface area (Å²) in [5.41, 5.74) is -0.0621. The fraction of sp³-hybridized carbons (Fsp3) is 0.750. The summed E-state index contributed by atoms with van der Waals surface area (Å²) in [6, 6.07) is 0. The van der Waals surface area contributed by atoms with Gasteiger partial charge in [0, 0.05) is 11.7 Å². The molecule has 1 heterocycles. The van der Waals surface area contributed by atoms with Crippen LogP contribution < -0.4 is 0 Å². The van der Waals surface area contributed by atoms with Crippen LogP contribution in [0.3, 0.4) is 0 Å². The molecule has 0 atom stereocenters. The van der Waals surface area contributed by atoms with Crippen LogP contribution in [0.2, 0.25) is 0 Å². The Labute approximate surface area is 88.3 Å². The van der Waals surface area contributed by atoms with E-state index in [9.17, 15) is 8.42 Å². The molecular formula is C8H14N2O2S2. The molecule has 6 heteroatoms. The van der Waals surface area contributed by atoms with Crippen LogP contribution in [0.5, 0.6) is 0 Å². The molecule has 0 unspecified atom stereocenters. The third-order valence-corrected chi connectivity index (χ3v) is 3.82. The van der Waals surface area contributed by atoms with Gasteiger partial charge in [-0.3, -0.25) is 0 Å². The highest BCUT2D eigenvalue weighted by atomic mass is 32.2. The largest absolute Gasteiger partial charge is 0.229 e. The Kier molecular flexibility index (Phi) is 2.96. The standard InChI is InChI=1S/C8H14N2O2S2/c1-8(2,3)7-10-9-6(13-7)5-14(4,11)12/h5H2,1-4H3. The lowest BCUT2D eigenvalue weighted by Gasteiger charge is -2.12. The van der Waals surface area contributed by atoms with Gasteiger partial charge in [-0.2, -0.15) is 0 Å². The molecular weight excluding hydrogens is 220 g/mol. The van der Waals surface area contributed by atoms with Crippen LogP contribution in [-0.4, -0.2) is 24.9 Å². The van der Waals surface area contributed by atoms with Crippen molar-refractivity contribution in [2.45, 2.75) is 31.9 Å². The smallest absolute Gasteiger partial charge is 0.154 e. The number of nitrogens with zero attached hydrogens (tertiary/aromatic N) is 2. The molecule has 0 saturated carbocycles. The summed E-state index contributed by atoms with van der Waals surface area (Å²) in [5, 5.41) is 9.27. The van der Waals surface area contributed by atoms with Crippen LogP contribution in [0.4, 0.5) is 0 Å². The monoisotopic (exact) mass is 234 g/mol. The molecule has 0 saturated heterocycles. The van der Waals surface area contributed by atoms with E-state index in [0.717, 1.165) is 5.01 Å². The topological polar surface area (TPSA) is 59.9 Å². The highest BCUT2D eigenvalue weighted by Gasteiger charge is 2.20. The fourth-order valence-electron chi connectivity index (χ4n) is 0.839. The van der Waals surface area contributed by atoms with Crippen molar-refractivity contribution in [2.75, 3.05) is 6.26 Å². The summed E-state index contributed by atoms with van der Waals surface area (Å²) < 4.78 is 22.0. The van der Waals surface area contributed by atoms with Crippen molar-refractivity contribution >= 4 is 21.2 Å². The van der Waals surface area contributed by atoms with E-state index in [1.54, 1.807) is 0 Å². The van der Waals surface area contributed by atoms with Crippen LogP contribution in [0.15, 0.2) is 0 Å². The second kappa shape index (κ2) is 3.58. The Morgan fingerprint density at radius 3 is 2.21 bits per heavy atom. The Hall–Kier alpha value is -0.490. The van der Waals surface area contributed by atoms with Gasteiger partial charge in [0.05, 0.1) is 0 Å². The molecule has 14 heavy (non-hydrogen) atoms. The van der Waals surface area contributed by atoms with Gasteiger partial charge in [-0.05, 0) is 0 Å². The number of hydrogen-bond donors (Lipinski definition) is 0. The molecule has 0 radical (unpaired) electrons. The Morgan fingerprint density at radius 1 is 1.29 bits per heavy atom. The van der Waals surface area contributed by atoms with Gasteiger partial charge in [-0.25, -0.2) is 8.42 Å². The molecule has 1 aromatic rings. The van der Waals surface area contributed by atoms with Gasteiger partial charge < -0.3 is 0 Å². The molecule has 80 valence electrons. The second-order valence-electron chi connectivity index (χ2n) is 4.32. The van der Waals surface area contributed by atoms with Crippen LogP contribution >= 0.6 is 11.3 Å². The first-order valence-corrected chi connectivity index (χ1v) is 7.07. The predicted octanol–water partition coefficient (Wildman–Crippen LogP) is 1.38. The summed E-state index contributed by atoms with van der Waals surface area (Å²) >= 11 is 1.37. The van der Waals surface area contributed by atoms with E-state index in [1.807, 2.05) is 20.8 Å². The minimum atomic E-state index is -3.00. The van der Waals surface area contributed by atoms with E-state index in [-0.39, 0.29) is 11.2 Å². The second-order valence-corrected chi connectivity index (χ2v) is 7.52. The lowest BCUT2D eigenvalue weighted by atomic mass is 9.98. The SMILES string of the molecule is CC(C)(C)c1nnc(CS(C)(=O)=O)s1. The van der Waals surface area contributed by atoms with Crippen molar-refractivity contribution in [1.82, 2.24) is 10.2 Å². The average Bonchev–Trinajstić information content (AvgIpc) is 2.29. The van der Waals surface area contributed by atoms with Gasteiger partial charge in [0.25, 0.3) is 0 Å². The summed E-state index contributed by atoms with van der Waals surface area (Å²) in [6.07, 6.45) is 1.20. The number of sulfone groups is 1. The van der Waals surface area contributed by atoms with Gasteiger partial charge in [0.15, 0.2) is 9.84 Å². The quantitative estimate of drug-likeness (QED) is 0.775. The number of rotatable bonds is 2. The van der Waals surface area contributed by atoms with E-state index in [0.29, 0.717) is 5.01 Å². The van der Waals surface area contributed by atoms with Crippen molar-refractivity contribution in [3.8, 4) is 0 Å². The van der Waals surface area contributed by atoms with Crippen LogP contribution in [0.25, 0.3) is 0 Å². The summed E-state index contributed by atoms with van der Waals surface area (Å²) in [7, 11) is -3.00. The zero-order chi connectivity index (χ0) is 11.0. The maximum absolute atomic E-state index is 11.0. The molecule has 0 aliphatic heterocycles. The third-order valence-electron chi connectivity index (χ3n) is 1.49. The highest BCUT2D eigenvalue weighted by molar-refractivity contribution is 7.90. The van der Waals surface area contributed by atoms with Gasteiger partial charge in [0.1, 0.15) is 15.8 Å². The first-order chi connectivity index (χ1) is 6.18. The van der Waals surface area contributed by atoms with Crippen LogP contribution in [0.1, 0.15) is 30.8 Å². The maximum Gasteiger partial charge on any atom is 0.154 e. The zero-order valence-corrected chi connectivity index (χ0v) is 10.4. The first-order valence-electron chi connectivity index (χ1n) is 4.19. The number of aromatic nitrogens is 2. The molecule has 0 spiro atoms. The fourth-order valence-corrected chi connectivity index (χ4v) is 2.92. The average molecular weight is 234 g/mol. The van der Waals surface area contributed by atoms with Gasteiger partial charge >= 0.3 is 0 Å². The van der Waals surface area contributed by atoms with E-state index in [1.165, 1.54) is 17.6 Å². The third kappa shape index (κ3) is 3.34. The molecule has 0 aliphatic rings. The summed E-state index contributed by atoms with van der Waals surface area (Å²) in [5.74, 6) is -0.0131. The summed E-state index contributed by atoms with van der Waals surface area (Å²) in [4.78, 5) is 0. The molecule has 1 rings (SSSR count). The molecule has 1 aromatic heterocycles. The molecule has 0 bridgehead atoms. The lowest BCUT2D eigenvalue weighted by Crippen LogP contribution is -2.10. The Morgan fingerprint density at radius 2 is 1.86 bits per heavy atom. The predicted molar refractivity (Wildman–Crippen MR) is 57.2 cm³/mol. The molecule has 0 aromatic carbocycles. The molecule has 0 fully saturated rings. The van der Waals surface area contributed by atoms with E-state index in [2.05, 4.69) is 10.2 Å². The van der Waals surface area contributed by atoms with Crippen molar-refractivity contribution in [3.05, 3.63) is 10.0 Å². The minimum absolute atomic E-state index is 0.0131. The van der Waals surface area contributed by atoms with Gasteiger partial charge in [0.2, 0.25) is 0 Å². The van der Waals surface area contributed by atoms with Crippen molar-refractivity contribution in [2.24, 2.45) is 0 Å². The van der Waals surface area contributed by atoms with Crippen LogP contribution in [0, 0.1) is 0 Å². The molecule has 0 amide bonds. The van der Waals surface area contributed by atoms with E-state index >= 15 is 0 Å². The van der Waals surface area contributed by atoms with E-state index < -0.39 is 9.84 Å². The first kappa shape index (κ1) is 11.6. The Balaban J connectivity index is 2.90. The van der Waals surface area contributed by atoms with Gasteiger partial charge in [-0.15, -0.1) is 10.2 Å². The molecule has 0 N–H and O–H groups in total. The normalized spacial score (nSPS) is 13.1. The molecule has 0 aliphatic carbocycles. The van der Waals surface area contributed by atoms with Gasteiger partial charge in [-0.1, -0.05) is 32.1 Å². The molecule has 4 nitrogen and oxygen atoms in total. The lowest BCUT2D eigenvalue weighted by molar-refractivity contribution is 0.578. The summed E-state index contributed by atoms with van der Waals surface area (Å²) in [6.45, 7) is 6.08. The zero-order valence-electron chi connectivity index (χ0n) is 8.73. The van der Waals surface area contributed by atoms with Crippen molar-refractivity contribution in [1.29, 1.82) is 0 Å². The number of hydrogen-bond acceptors (Lipinski definition) is 5. The van der Waals surface area contributed by atoms with E-state index in [4.69, 9.17) is 0 Å². The van der Waals surface area contributed by atoms with Crippen molar-refractivity contribution in [3.63, 3.8) is 0 Å². The highest BCUT2D eigenvalue weighted by Crippen LogP contribution is 2.25. The van der Waals surface area contributed by atoms with Crippen LogP contribution in [-0.2, 0) is 21.0 Å². The maximum atomic E-state index is 11.0. The minimum Gasteiger partial charge on any atom is -0.229 e. The Bertz CT molecular complexity index is 415.